The fraction of sp³-hybridized carbons (Fsp3) is 0.385. The van der Waals surface area contributed by atoms with Crippen LogP contribution in [0.2, 0.25) is 0 Å². The Morgan fingerprint density at radius 1 is 1.26 bits per heavy atom. The highest BCUT2D eigenvalue weighted by molar-refractivity contribution is 5.88. The topological polar surface area (TPSA) is 46.6 Å². The quantitative estimate of drug-likeness (QED) is 0.776. The number of aldehydes is 1. The third-order valence-electron chi connectivity index (χ3n) is 2.24. The van der Waals surface area contributed by atoms with Crippen LogP contribution in [0, 0.1) is 11.6 Å². The van der Waals surface area contributed by atoms with Crippen LogP contribution in [-0.4, -0.2) is 25.0 Å². The number of nitrogens with zero attached hydrogens (tertiary/aromatic N) is 1. The van der Waals surface area contributed by atoms with Gasteiger partial charge in [-0.15, -0.1) is 0 Å². The Morgan fingerprint density at radius 2 is 1.74 bits per heavy atom. The van der Waals surface area contributed by atoms with Crippen molar-refractivity contribution < 1.29 is 23.1 Å². The molecule has 0 atom stereocenters. The van der Waals surface area contributed by atoms with Gasteiger partial charge in [0.05, 0.1) is 11.3 Å². The minimum absolute atomic E-state index is 0.0325. The Bertz CT molecular complexity index is 486. The zero-order valence-corrected chi connectivity index (χ0v) is 11.2. The minimum atomic E-state index is -1.03. The summed E-state index contributed by atoms with van der Waals surface area (Å²) in [6, 6.07) is 1.80. The van der Waals surface area contributed by atoms with Crippen molar-refractivity contribution in [1.29, 1.82) is 0 Å². The third kappa shape index (κ3) is 3.74. The first kappa shape index (κ1) is 15.1. The van der Waals surface area contributed by atoms with Crippen LogP contribution in [0.3, 0.4) is 0 Å². The second kappa shape index (κ2) is 5.34. The summed E-state index contributed by atoms with van der Waals surface area (Å²) in [6.45, 7) is 5.03. The molecule has 4 nitrogen and oxygen atoms in total. The first-order valence-corrected chi connectivity index (χ1v) is 5.56. The van der Waals surface area contributed by atoms with Crippen LogP contribution in [0.4, 0.5) is 19.3 Å². The normalized spacial score (nSPS) is 11.1. The van der Waals surface area contributed by atoms with Gasteiger partial charge in [0.15, 0.2) is 6.29 Å². The lowest BCUT2D eigenvalue weighted by Gasteiger charge is -2.24. The summed E-state index contributed by atoms with van der Waals surface area (Å²) >= 11 is 0. The number of benzene rings is 1. The van der Waals surface area contributed by atoms with Crippen LogP contribution in [0.1, 0.15) is 31.1 Å². The van der Waals surface area contributed by atoms with Gasteiger partial charge in [0, 0.05) is 7.05 Å². The maximum atomic E-state index is 13.4. The Kier molecular flexibility index (Phi) is 4.24. The smallest absolute Gasteiger partial charge is 0.414 e. The van der Waals surface area contributed by atoms with E-state index in [9.17, 15) is 18.4 Å². The molecular formula is C13H15F2NO3. The van der Waals surface area contributed by atoms with E-state index < -0.39 is 28.9 Å². The lowest BCUT2D eigenvalue weighted by Crippen LogP contribution is -2.34. The number of amides is 1. The standard InChI is InChI=1S/C13H15F2NO3/c1-13(2,3)19-12(18)16(4)8-5-10(14)9(7-17)11(15)6-8/h5-7H,1-4H3. The molecule has 104 valence electrons. The van der Waals surface area contributed by atoms with Gasteiger partial charge in [0.1, 0.15) is 17.2 Å². The number of carbonyl (C=O) groups excluding carboxylic acids is 2. The van der Waals surface area contributed by atoms with Crippen molar-refractivity contribution in [2.45, 2.75) is 26.4 Å². The Balaban J connectivity index is 3.04. The number of halogens is 2. The van der Waals surface area contributed by atoms with Gasteiger partial charge in [-0.25, -0.2) is 13.6 Å². The molecule has 0 fully saturated rings. The number of rotatable bonds is 2. The van der Waals surface area contributed by atoms with Crippen molar-refractivity contribution in [1.82, 2.24) is 0 Å². The van der Waals surface area contributed by atoms with E-state index in [4.69, 9.17) is 4.74 Å². The largest absolute Gasteiger partial charge is 0.443 e. The predicted molar refractivity (Wildman–Crippen MR) is 66.4 cm³/mol. The van der Waals surface area contributed by atoms with Gasteiger partial charge in [0.2, 0.25) is 0 Å². The van der Waals surface area contributed by atoms with Crippen molar-refractivity contribution >= 4 is 18.1 Å². The molecule has 0 saturated heterocycles. The summed E-state index contributed by atoms with van der Waals surface area (Å²) in [6.07, 6.45) is -0.660. The van der Waals surface area contributed by atoms with Crippen molar-refractivity contribution in [3.8, 4) is 0 Å². The highest BCUT2D eigenvalue weighted by atomic mass is 19.1. The summed E-state index contributed by atoms with van der Waals surface area (Å²) in [5.41, 5.74) is -1.42. The molecule has 6 heteroatoms. The maximum Gasteiger partial charge on any atom is 0.414 e. The van der Waals surface area contributed by atoms with Crippen LogP contribution in [0.5, 0.6) is 0 Å². The molecule has 1 amide bonds. The molecule has 0 spiro atoms. The Hall–Kier alpha value is -1.98. The molecule has 0 bridgehead atoms. The maximum absolute atomic E-state index is 13.4. The second-order valence-corrected chi connectivity index (χ2v) is 4.98. The lowest BCUT2D eigenvalue weighted by atomic mass is 10.2. The third-order valence-corrected chi connectivity index (χ3v) is 2.24. The fourth-order valence-corrected chi connectivity index (χ4v) is 1.31. The highest BCUT2D eigenvalue weighted by Crippen LogP contribution is 2.22. The Morgan fingerprint density at radius 3 is 2.11 bits per heavy atom. The molecule has 0 aliphatic rings. The van der Waals surface area contributed by atoms with Gasteiger partial charge < -0.3 is 4.74 Å². The number of hydrogen-bond acceptors (Lipinski definition) is 3. The SMILES string of the molecule is CN(C(=O)OC(C)(C)C)c1cc(F)c(C=O)c(F)c1. The number of anilines is 1. The van der Waals surface area contributed by atoms with E-state index in [-0.39, 0.29) is 12.0 Å². The molecule has 0 N–H and O–H groups in total. The van der Waals surface area contributed by atoms with E-state index >= 15 is 0 Å². The van der Waals surface area contributed by atoms with Crippen molar-refractivity contribution in [2.75, 3.05) is 11.9 Å². The summed E-state index contributed by atoms with van der Waals surface area (Å²) in [7, 11) is 1.32. The van der Waals surface area contributed by atoms with E-state index in [0.717, 1.165) is 17.0 Å². The fourth-order valence-electron chi connectivity index (χ4n) is 1.31. The van der Waals surface area contributed by atoms with Gasteiger partial charge in [-0.3, -0.25) is 9.69 Å². The molecule has 0 unspecified atom stereocenters. The Labute approximate surface area is 110 Å². The average Bonchev–Trinajstić information content (AvgIpc) is 2.25. The zero-order valence-electron chi connectivity index (χ0n) is 11.2. The van der Waals surface area contributed by atoms with Crippen molar-refractivity contribution in [3.63, 3.8) is 0 Å². The van der Waals surface area contributed by atoms with Crippen molar-refractivity contribution in [2.24, 2.45) is 0 Å². The second-order valence-electron chi connectivity index (χ2n) is 4.98. The molecule has 19 heavy (non-hydrogen) atoms. The minimum Gasteiger partial charge on any atom is -0.443 e. The number of hydrogen-bond donors (Lipinski definition) is 0. The van der Waals surface area contributed by atoms with E-state index in [0.29, 0.717) is 0 Å². The molecule has 1 aromatic carbocycles. The van der Waals surface area contributed by atoms with Gasteiger partial charge in [0.25, 0.3) is 0 Å². The molecule has 0 radical (unpaired) electrons. The van der Waals surface area contributed by atoms with Gasteiger partial charge >= 0.3 is 6.09 Å². The predicted octanol–water partition coefficient (Wildman–Crippen LogP) is 3.15. The van der Waals surface area contributed by atoms with Gasteiger partial charge in [-0.1, -0.05) is 0 Å². The molecule has 0 saturated carbocycles. The first-order valence-electron chi connectivity index (χ1n) is 5.56. The lowest BCUT2D eigenvalue weighted by molar-refractivity contribution is 0.0589. The van der Waals surface area contributed by atoms with Gasteiger partial charge in [-0.2, -0.15) is 0 Å². The van der Waals surface area contributed by atoms with E-state index in [1.54, 1.807) is 20.8 Å². The van der Waals surface area contributed by atoms with Crippen LogP contribution < -0.4 is 4.90 Å². The van der Waals surface area contributed by atoms with Crippen LogP contribution in [0.25, 0.3) is 0 Å². The van der Waals surface area contributed by atoms with Crippen LogP contribution >= 0.6 is 0 Å². The van der Waals surface area contributed by atoms with E-state index in [1.807, 2.05) is 0 Å². The molecule has 0 heterocycles. The number of ether oxygens (including phenoxy) is 1. The summed E-state index contributed by atoms with van der Waals surface area (Å²) in [4.78, 5) is 23.2. The molecule has 1 rings (SSSR count). The zero-order chi connectivity index (χ0) is 14.8. The molecule has 0 aromatic heterocycles. The monoisotopic (exact) mass is 271 g/mol. The summed E-state index contributed by atoms with van der Waals surface area (Å²) in [5, 5.41) is 0. The highest BCUT2D eigenvalue weighted by Gasteiger charge is 2.22. The van der Waals surface area contributed by atoms with E-state index in [1.165, 1.54) is 7.05 Å². The van der Waals surface area contributed by atoms with Crippen molar-refractivity contribution in [3.05, 3.63) is 29.3 Å². The molecule has 1 aromatic rings. The first-order chi connectivity index (χ1) is 8.65. The molecule has 0 aliphatic heterocycles. The molecular weight excluding hydrogens is 256 g/mol. The summed E-state index contributed by atoms with van der Waals surface area (Å²) < 4.78 is 31.9. The average molecular weight is 271 g/mol. The molecule has 0 aliphatic carbocycles. The van der Waals surface area contributed by atoms with Crippen LogP contribution in [0.15, 0.2) is 12.1 Å². The summed E-state index contributed by atoms with van der Waals surface area (Å²) in [5.74, 6) is -2.05. The van der Waals surface area contributed by atoms with E-state index in [2.05, 4.69) is 0 Å². The van der Waals surface area contributed by atoms with Gasteiger partial charge in [-0.05, 0) is 32.9 Å². The number of carbonyl (C=O) groups is 2. The van der Waals surface area contributed by atoms with Crippen LogP contribution in [-0.2, 0) is 4.74 Å².